The van der Waals surface area contributed by atoms with Crippen molar-refractivity contribution in [2.24, 2.45) is 5.41 Å². The lowest BCUT2D eigenvalue weighted by molar-refractivity contribution is -0.107. The van der Waals surface area contributed by atoms with Crippen molar-refractivity contribution < 1.29 is 28.2 Å². The molecule has 0 bridgehead atoms. The van der Waals surface area contributed by atoms with Crippen molar-refractivity contribution in [3.63, 3.8) is 0 Å². The van der Waals surface area contributed by atoms with E-state index in [0.29, 0.717) is 18.1 Å². The standard InChI is InChI=1S/C31H38FN3O.C7H5FO.C4H10O.C3H8O/c1-22-28(14-19-36)30(35-17-15-31(3,4)16-18-35)29(23(2)33-22)26-10-6-24(7-11-26)20-34(5)21-25-8-12-27(32)13-9-25;8-7-4-2-1-3-6(7)5-9;1-4(2,3)5;1-3-4-2/h6-13,19H,14-18,20-21H2,1-5H3;1-5H;5H,1-3H3;3H2,1-2H3. The number of piperidine rings is 1. The van der Waals surface area contributed by atoms with E-state index < -0.39 is 11.4 Å². The molecule has 0 saturated carbocycles. The van der Waals surface area contributed by atoms with Gasteiger partial charge in [0.1, 0.15) is 17.9 Å². The van der Waals surface area contributed by atoms with Gasteiger partial charge in [0.25, 0.3) is 0 Å². The van der Waals surface area contributed by atoms with Crippen molar-refractivity contribution in [1.29, 1.82) is 0 Å². The summed E-state index contributed by atoms with van der Waals surface area (Å²) in [5.74, 6) is -0.672. The Morgan fingerprint density at radius 3 is 1.83 bits per heavy atom. The van der Waals surface area contributed by atoms with Crippen molar-refractivity contribution in [3.05, 3.63) is 118 Å². The first-order valence-corrected chi connectivity index (χ1v) is 18.5. The number of nitrogens with zero attached hydrogens (tertiary/aromatic N) is 3. The van der Waals surface area contributed by atoms with Gasteiger partial charge in [-0.15, -0.1) is 0 Å². The summed E-state index contributed by atoms with van der Waals surface area (Å²) in [6.45, 7) is 20.3. The normalized spacial score (nSPS) is 13.4. The number of carbonyl (C=O) groups excluding carboxylic acids is 2. The van der Waals surface area contributed by atoms with Crippen molar-refractivity contribution in [1.82, 2.24) is 9.88 Å². The van der Waals surface area contributed by atoms with E-state index in [1.165, 1.54) is 35.5 Å². The predicted molar refractivity (Wildman–Crippen MR) is 217 cm³/mol. The molecule has 0 aliphatic carbocycles. The average Bonchev–Trinajstić information content (AvgIpc) is 3.11. The molecule has 54 heavy (non-hydrogen) atoms. The Morgan fingerprint density at radius 2 is 1.39 bits per heavy atom. The van der Waals surface area contributed by atoms with Gasteiger partial charge >= 0.3 is 0 Å². The van der Waals surface area contributed by atoms with Crippen LogP contribution in [-0.4, -0.2) is 67.0 Å². The molecule has 1 saturated heterocycles. The molecule has 9 heteroatoms. The number of carbonyl (C=O) groups is 2. The van der Waals surface area contributed by atoms with Crippen molar-refractivity contribution in [3.8, 4) is 11.1 Å². The van der Waals surface area contributed by atoms with Gasteiger partial charge < -0.3 is 19.5 Å². The highest BCUT2D eigenvalue weighted by molar-refractivity contribution is 5.85. The van der Waals surface area contributed by atoms with Gasteiger partial charge in [-0.2, -0.15) is 0 Å². The smallest absolute Gasteiger partial charge is 0.152 e. The molecule has 1 fully saturated rings. The van der Waals surface area contributed by atoms with Gasteiger partial charge in [0.2, 0.25) is 0 Å². The van der Waals surface area contributed by atoms with Gasteiger partial charge in [0, 0.05) is 68.8 Å². The molecule has 0 amide bonds. The molecule has 0 atom stereocenters. The highest BCUT2D eigenvalue weighted by Crippen LogP contribution is 2.41. The molecule has 0 radical (unpaired) electrons. The highest BCUT2D eigenvalue weighted by Gasteiger charge is 2.29. The maximum Gasteiger partial charge on any atom is 0.152 e. The molecule has 3 aromatic carbocycles. The summed E-state index contributed by atoms with van der Waals surface area (Å²) in [5, 5.41) is 8.52. The first-order chi connectivity index (χ1) is 25.4. The maximum absolute atomic E-state index is 13.2. The molecule has 0 unspecified atom stereocenters. The van der Waals surface area contributed by atoms with E-state index in [2.05, 4.69) is 66.6 Å². The molecule has 0 spiro atoms. The number of aryl methyl sites for hydroxylation is 2. The summed E-state index contributed by atoms with van der Waals surface area (Å²) in [6, 6.07) is 21.3. The van der Waals surface area contributed by atoms with Crippen LogP contribution in [0.5, 0.6) is 0 Å². The van der Waals surface area contributed by atoms with Crippen LogP contribution in [0.3, 0.4) is 0 Å². The fraction of sp³-hybridized carbons (Fsp3) is 0.444. The summed E-state index contributed by atoms with van der Waals surface area (Å²) in [4.78, 5) is 31.2. The third-order valence-corrected chi connectivity index (χ3v) is 8.76. The van der Waals surface area contributed by atoms with Crippen LogP contribution in [0.4, 0.5) is 14.5 Å². The number of aldehydes is 2. The van der Waals surface area contributed by atoms with E-state index in [4.69, 9.17) is 10.1 Å². The van der Waals surface area contributed by atoms with E-state index in [1.54, 1.807) is 40.0 Å². The third-order valence-electron chi connectivity index (χ3n) is 8.76. The second-order valence-electron chi connectivity index (χ2n) is 15.4. The molecule has 1 aliphatic heterocycles. The quantitative estimate of drug-likeness (QED) is 0.162. The zero-order chi connectivity index (χ0) is 40.5. The van der Waals surface area contributed by atoms with Gasteiger partial charge in [-0.1, -0.05) is 62.4 Å². The largest absolute Gasteiger partial charge is 0.391 e. The van der Waals surface area contributed by atoms with Crippen LogP contribution in [-0.2, 0) is 29.0 Å². The third kappa shape index (κ3) is 16.0. The van der Waals surface area contributed by atoms with Crippen molar-refractivity contribution >= 4 is 18.3 Å². The van der Waals surface area contributed by atoms with Gasteiger partial charge in [0.05, 0.1) is 16.9 Å². The van der Waals surface area contributed by atoms with Crippen LogP contribution < -0.4 is 4.90 Å². The second kappa shape index (κ2) is 22.2. The summed E-state index contributed by atoms with van der Waals surface area (Å²) in [7, 11) is 3.76. The van der Waals surface area contributed by atoms with Crippen LogP contribution in [0.1, 0.15) is 92.8 Å². The number of aromatic nitrogens is 1. The minimum Gasteiger partial charge on any atom is -0.391 e. The molecule has 2 heterocycles. The number of benzene rings is 3. The number of pyridine rings is 1. The van der Waals surface area contributed by atoms with Crippen LogP contribution in [0.25, 0.3) is 11.1 Å². The van der Waals surface area contributed by atoms with Crippen molar-refractivity contribution in [2.75, 3.05) is 38.8 Å². The maximum atomic E-state index is 13.2. The Bertz CT molecular complexity index is 1720. The summed E-state index contributed by atoms with van der Waals surface area (Å²) in [6.07, 6.45) is 4.14. The lowest BCUT2D eigenvalue weighted by Gasteiger charge is -2.40. The molecular weight excluding hydrogens is 685 g/mol. The SMILES string of the molecule is CC(C)(C)O.CCOC.Cc1nc(C)c(-c2ccc(CN(C)Cc3ccc(F)cc3)cc2)c(N2CCC(C)(C)CC2)c1CC=O.O=Cc1ccccc1F. The number of hydrogen-bond acceptors (Lipinski definition) is 7. The van der Waals surface area contributed by atoms with Gasteiger partial charge in [-0.05, 0) is 108 Å². The van der Waals surface area contributed by atoms with Gasteiger partial charge in [0.15, 0.2) is 6.29 Å². The monoisotopic (exact) mass is 745 g/mol. The summed E-state index contributed by atoms with van der Waals surface area (Å²) >= 11 is 0. The number of rotatable bonds is 10. The van der Waals surface area contributed by atoms with E-state index in [-0.39, 0.29) is 11.4 Å². The Labute approximate surface area is 322 Å². The van der Waals surface area contributed by atoms with Crippen molar-refractivity contribution in [2.45, 2.75) is 93.3 Å². The number of hydrogen-bond donors (Lipinski definition) is 1. The molecule has 1 aromatic heterocycles. The van der Waals surface area contributed by atoms with E-state index >= 15 is 0 Å². The van der Waals surface area contributed by atoms with Crippen LogP contribution in [0.15, 0.2) is 72.8 Å². The number of halogens is 2. The Kier molecular flexibility index (Phi) is 18.8. The average molecular weight is 746 g/mol. The molecule has 4 aromatic rings. The fourth-order valence-corrected chi connectivity index (χ4v) is 5.84. The topological polar surface area (TPSA) is 83.0 Å². The van der Waals surface area contributed by atoms with E-state index in [9.17, 15) is 18.4 Å². The zero-order valence-electron chi connectivity index (χ0n) is 34.0. The first kappa shape index (κ1) is 45.8. The fourth-order valence-electron chi connectivity index (χ4n) is 5.84. The van der Waals surface area contributed by atoms with E-state index in [1.807, 2.05) is 26.0 Å². The van der Waals surface area contributed by atoms with Gasteiger partial charge in [-0.3, -0.25) is 14.7 Å². The van der Waals surface area contributed by atoms with Crippen LogP contribution >= 0.6 is 0 Å². The Balaban J connectivity index is 0.000000460. The van der Waals surface area contributed by atoms with Crippen LogP contribution in [0.2, 0.25) is 0 Å². The number of aliphatic hydroxyl groups is 1. The second-order valence-corrected chi connectivity index (χ2v) is 15.4. The molecule has 1 aliphatic rings. The highest BCUT2D eigenvalue weighted by atomic mass is 19.1. The molecule has 5 rings (SSSR count). The predicted octanol–water partition coefficient (Wildman–Crippen LogP) is 9.57. The molecule has 7 nitrogen and oxygen atoms in total. The summed E-state index contributed by atoms with van der Waals surface area (Å²) < 4.78 is 30.1. The first-order valence-electron chi connectivity index (χ1n) is 18.5. The Hall–Kier alpha value is -4.31. The van der Waals surface area contributed by atoms with Gasteiger partial charge in [-0.25, -0.2) is 8.78 Å². The lowest BCUT2D eigenvalue weighted by Crippen LogP contribution is -2.38. The van der Waals surface area contributed by atoms with Crippen LogP contribution in [0, 0.1) is 30.9 Å². The molecular formula is C45H61F2N3O4. The Morgan fingerprint density at radius 1 is 0.889 bits per heavy atom. The minimum atomic E-state index is -0.500. The molecule has 1 N–H and O–H groups in total. The zero-order valence-corrected chi connectivity index (χ0v) is 34.0. The number of methoxy groups -OCH3 is 1. The summed E-state index contributed by atoms with van der Waals surface area (Å²) in [5.41, 5.74) is 8.73. The minimum absolute atomic E-state index is 0.109. The lowest BCUT2D eigenvalue weighted by atomic mass is 9.82. The number of ether oxygens (including phenoxy) is 1. The molecule has 294 valence electrons. The van der Waals surface area contributed by atoms with E-state index in [0.717, 1.165) is 85.6 Å². The number of anilines is 1.